The lowest BCUT2D eigenvalue weighted by Gasteiger charge is -2.28. The molecule has 1 heteroatoms. The third kappa shape index (κ3) is 5.96. The van der Waals surface area contributed by atoms with Crippen LogP contribution in [0.5, 0.6) is 0 Å². The number of hydrogen-bond acceptors (Lipinski definition) is 1. The van der Waals surface area contributed by atoms with Gasteiger partial charge in [0, 0.05) is 16.8 Å². The first-order chi connectivity index (χ1) is 26.7. The van der Waals surface area contributed by atoms with Crippen LogP contribution in [0.3, 0.4) is 0 Å². The summed E-state index contributed by atoms with van der Waals surface area (Å²) in [4.78, 5) is 2.30. The highest BCUT2D eigenvalue weighted by molar-refractivity contribution is 6.19. The molecule has 9 aromatic carbocycles. The Morgan fingerprint density at radius 1 is 0.463 bits per heavy atom. The molecule has 256 valence electrons. The zero-order valence-electron chi connectivity index (χ0n) is 30.3. The maximum Gasteiger partial charge on any atom is 0.0546 e. The summed E-state index contributed by atoms with van der Waals surface area (Å²) in [7, 11) is 0. The second kappa shape index (κ2) is 14.2. The fourth-order valence-corrected chi connectivity index (χ4v) is 8.03. The molecule has 0 N–H and O–H groups in total. The lowest BCUT2D eigenvalue weighted by molar-refractivity contribution is 1.23. The first kappa shape index (κ1) is 32.9. The van der Waals surface area contributed by atoms with Gasteiger partial charge in [-0.05, 0) is 102 Å². The number of rotatable bonds is 8. The molecule has 0 heterocycles. The molecule has 0 aliphatic heterocycles. The van der Waals surface area contributed by atoms with E-state index in [2.05, 4.69) is 218 Å². The van der Waals surface area contributed by atoms with Crippen LogP contribution < -0.4 is 4.90 Å². The van der Waals surface area contributed by atoms with Gasteiger partial charge in [-0.15, -0.1) is 0 Å². The Labute approximate surface area is 317 Å². The minimum atomic E-state index is 0.874. The van der Waals surface area contributed by atoms with Crippen LogP contribution in [0.25, 0.3) is 70.9 Å². The van der Waals surface area contributed by atoms with Crippen molar-refractivity contribution in [1.29, 1.82) is 0 Å². The molecule has 9 aromatic rings. The van der Waals surface area contributed by atoms with Crippen LogP contribution in [-0.2, 0) is 0 Å². The topological polar surface area (TPSA) is 3.24 Å². The van der Waals surface area contributed by atoms with Crippen molar-refractivity contribution in [1.82, 2.24) is 0 Å². The van der Waals surface area contributed by atoms with Gasteiger partial charge >= 0.3 is 0 Å². The molecule has 0 spiro atoms. The maximum absolute atomic E-state index is 4.71. The van der Waals surface area contributed by atoms with E-state index < -0.39 is 0 Å². The third-order valence-corrected chi connectivity index (χ3v) is 10.5. The van der Waals surface area contributed by atoms with E-state index in [-0.39, 0.29) is 0 Å². The lowest BCUT2D eigenvalue weighted by Crippen LogP contribution is -2.14. The van der Waals surface area contributed by atoms with Crippen LogP contribution in [-0.4, -0.2) is 0 Å². The van der Waals surface area contributed by atoms with E-state index in [9.17, 15) is 0 Å². The molecule has 0 radical (unpaired) electrons. The molecule has 0 unspecified atom stereocenters. The number of nitrogens with zero attached hydrogens (tertiary/aromatic N) is 1. The van der Waals surface area contributed by atoms with Gasteiger partial charge in [0.1, 0.15) is 0 Å². The van der Waals surface area contributed by atoms with Crippen molar-refractivity contribution < 1.29 is 0 Å². The summed E-state index contributed by atoms with van der Waals surface area (Å²) in [5.41, 5.74) is 10.3. The van der Waals surface area contributed by atoms with Crippen LogP contribution >= 0.6 is 0 Å². The Hall–Kier alpha value is -6.96. The van der Waals surface area contributed by atoms with Crippen molar-refractivity contribution in [2.24, 2.45) is 0 Å². The molecule has 0 aliphatic rings. The maximum atomic E-state index is 4.71. The number of benzene rings is 9. The second-order valence-electron chi connectivity index (χ2n) is 13.8. The van der Waals surface area contributed by atoms with Gasteiger partial charge in [-0.1, -0.05) is 189 Å². The highest BCUT2D eigenvalue weighted by atomic mass is 15.1. The quantitative estimate of drug-likeness (QED) is 0.113. The molecule has 54 heavy (non-hydrogen) atoms. The molecular formula is C53H39N. The van der Waals surface area contributed by atoms with E-state index in [0.29, 0.717) is 0 Å². The Balaban J connectivity index is 1.18. The van der Waals surface area contributed by atoms with Crippen molar-refractivity contribution >= 4 is 60.0 Å². The van der Waals surface area contributed by atoms with E-state index in [0.717, 1.165) is 17.1 Å². The summed E-state index contributed by atoms with van der Waals surface area (Å²) >= 11 is 0. The van der Waals surface area contributed by atoms with Crippen molar-refractivity contribution in [3.8, 4) is 22.3 Å². The van der Waals surface area contributed by atoms with Crippen LogP contribution in [0.1, 0.15) is 12.5 Å². The van der Waals surface area contributed by atoms with Crippen LogP contribution in [0.2, 0.25) is 0 Å². The SMILES string of the molecule is C=C(/C=C\C=C(/C)c1c(-c2ccccc2)c2ccccc2c2ccccc12)N(c1ccc(-c2ccccc2)cc1)c1cc2ccccc2c2ccccc12. The summed E-state index contributed by atoms with van der Waals surface area (Å²) in [5.74, 6) is 0. The van der Waals surface area contributed by atoms with Gasteiger partial charge in [-0.2, -0.15) is 0 Å². The van der Waals surface area contributed by atoms with Crippen molar-refractivity contribution in [2.45, 2.75) is 6.92 Å². The van der Waals surface area contributed by atoms with Gasteiger partial charge < -0.3 is 4.90 Å². The number of anilines is 2. The van der Waals surface area contributed by atoms with Gasteiger partial charge in [0.25, 0.3) is 0 Å². The minimum Gasteiger partial charge on any atom is -0.310 e. The average Bonchev–Trinajstić information content (AvgIpc) is 3.24. The third-order valence-electron chi connectivity index (χ3n) is 10.5. The lowest BCUT2D eigenvalue weighted by atomic mass is 9.85. The van der Waals surface area contributed by atoms with E-state index in [1.807, 2.05) is 0 Å². The first-order valence-corrected chi connectivity index (χ1v) is 18.5. The molecule has 0 atom stereocenters. The summed E-state index contributed by atoms with van der Waals surface area (Å²) in [6.45, 7) is 6.94. The molecule has 1 nitrogen and oxygen atoms in total. The number of fused-ring (bicyclic) bond motifs is 6. The Morgan fingerprint density at radius 3 is 1.61 bits per heavy atom. The van der Waals surface area contributed by atoms with Gasteiger partial charge in [0.05, 0.1) is 5.69 Å². The van der Waals surface area contributed by atoms with Crippen molar-refractivity contribution in [2.75, 3.05) is 4.90 Å². The highest BCUT2D eigenvalue weighted by Gasteiger charge is 2.19. The average molecular weight is 690 g/mol. The Bertz CT molecular complexity index is 2880. The Kier molecular flexibility index (Phi) is 8.67. The van der Waals surface area contributed by atoms with E-state index in [4.69, 9.17) is 6.58 Å². The van der Waals surface area contributed by atoms with Crippen molar-refractivity contribution in [3.63, 3.8) is 0 Å². The monoisotopic (exact) mass is 689 g/mol. The zero-order valence-corrected chi connectivity index (χ0v) is 30.3. The summed E-state index contributed by atoms with van der Waals surface area (Å²) < 4.78 is 0. The standard InChI is InChI=1S/C53H39N/c1-37(52-49-30-15-12-27-46(49)47-28-13-16-31-50(47)53(52)41-22-7-4-8-23-41)18-17-19-38(2)54(43-34-32-40(33-35-43)39-20-5-3-6-21-39)51-36-42-24-9-10-25-44(42)45-26-11-14-29-48(45)51/h3-36H,2H2,1H3/b19-17-,37-18+. The first-order valence-electron chi connectivity index (χ1n) is 18.5. The molecule has 0 aliphatic carbocycles. The van der Waals surface area contributed by atoms with Crippen molar-refractivity contribution in [3.05, 3.63) is 224 Å². The normalized spacial score (nSPS) is 11.9. The zero-order chi connectivity index (χ0) is 36.4. The largest absolute Gasteiger partial charge is 0.310 e. The second-order valence-corrected chi connectivity index (χ2v) is 13.8. The van der Waals surface area contributed by atoms with E-state index in [1.54, 1.807) is 0 Å². The smallest absolute Gasteiger partial charge is 0.0546 e. The molecule has 0 saturated heterocycles. The molecule has 0 bridgehead atoms. The van der Waals surface area contributed by atoms with E-state index in [1.165, 1.54) is 76.5 Å². The summed E-state index contributed by atoms with van der Waals surface area (Å²) in [6, 6.07) is 67.4. The van der Waals surface area contributed by atoms with Gasteiger partial charge in [0.15, 0.2) is 0 Å². The summed E-state index contributed by atoms with van der Waals surface area (Å²) in [6.07, 6.45) is 6.54. The molecule has 0 amide bonds. The molecule has 0 saturated carbocycles. The fraction of sp³-hybridized carbons (Fsp3) is 0.0189. The predicted octanol–water partition coefficient (Wildman–Crippen LogP) is 14.9. The Morgan fingerprint density at radius 2 is 0.944 bits per heavy atom. The van der Waals surface area contributed by atoms with Gasteiger partial charge in [-0.3, -0.25) is 0 Å². The van der Waals surface area contributed by atoms with Gasteiger partial charge in [0.2, 0.25) is 0 Å². The number of hydrogen-bond donors (Lipinski definition) is 0. The molecule has 9 rings (SSSR count). The van der Waals surface area contributed by atoms with Crippen LogP contribution in [0.15, 0.2) is 219 Å². The minimum absolute atomic E-state index is 0.874. The molecular weight excluding hydrogens is 651 g/mol. The predicted molar refractivity (Wildman–Crippen MR) is 234 cm³/mol. The highest BCUT2D eigenvalue weighted by Crippen LogP contribution is 2.43. The summed E-state index contributed by atoms with van der Waals surface area (Å²) in [5, 5.41) is 9.88. The molecule has 0 aromatic heterocycles. The number of allylic oxidation sites excluding steroid dienone is 4. The molecule has 0 fully saturated rings. The van der Waals surface area contributed by atoms with Crippen LogP contribution in [0.4, 0.5) is 11.4 Å². The fourth-order valence-electron chi connectivity index (χ4n) is 8.03. The van der Waals surface area contributed by atoms with Gasteiger partial charge in [-0.25, -0.2) is 0 Å². The van der Waals surface area contributed by atoms with E-state index >= 15 is 0 Å². The van der Waals surface area contributed by atoms with Crippen LogP contribution in [0, 0.1) is 0 Å².